The number of nitrogens with two attached hydrogens (primary N) is 1. The number of benzene rings is 1. The lowest BCUT2D eigenvalue weighted by Crippen LogP contribution is -2.32. The zero-order valence-corrected chi connectivity index (χ0v) is 13.2. The van der Waals surface area contributed by atoms with Crippen molar-refractivity contribution in [1.82, 2.24) is 0 Å². The molecule has 1 fully saturated rings. The maximum absolute atomic E-state index is 11.7. The number of anilines is 2. The van der Waals surface area contributed by atoms with Crippen molar-refractivity contribution in [3.05, 3.63) is 23.8 Å². The minimum Gasteiger partial charge on any atom is -0.371 e. The van der Waals surface area contributed by atoms with Crippen LogP contribution in [-0.4, -0.2) is 40.7 Å². The van der Waals surface area contributed by atoms with Crippen LogP contribution < -0.4 is 14.9 Å². The van der Waals surface area contributed by atoms with E-state index >= 15 is 0 Å². The van der Waals surface area contributed by atoms with Crippen LogP contribution in [0.25, 0.3) is 0 Å². The summed E-state index contributed by atoms with van der Waals surface area (Å²) in [4.78, 5) is 13.7. The lowest BCUT2D eigenvalue weighted by atomic mass is 10.1. The normalized spacial score (nSPS) is 15.8. The second-order valence-electron chi connectivity index (χ2n) is 5.34. The summed E-state index contributed by atoms with van der Waals surface area (Å²) in [7, 11) is -1.84. The molecule has 21 heavy (non-hydrogen) atoms. The number of sulfonamides is 1. The average Bonchev–Trinajstić information content (AvgIpc) is 2.45. The van der Waals surface area contributed by atoms with Crippen LogP contribution in [0, 0.1) is 0 Å². The zero-order chi connectivity index (χ0) is 15.6. The minimum absolute atomic E-state index is 0.433. The van der Waals surface area contributed by atoms with Gasteiger partial charge in [0, 0.05) is 20.1 Å². The smallest absolute Gasteiger partial charge is 0.250 e. The molecule has 0 aliphatic carbocycles. The molecule has 1 heterocycles. The molecule has 1 aliphatic rings. The lowest BCUT2D eigenvalue weighted by Gasteiger charge is -2.31. The molecule has 1 aliphatic heterocycles. The van der Waals surface area contributed by atoms with Crippen LogP contribution in [0.15, 0.2) is 18.2 Å². The monoisotopic (exact) mass is 311 g/mol. The largest absolute Gasteiger partial charge is 0.371 e. The van der Waals surface area contributed by atoms with Gasteiger partial charge in [0.25, 0.3) is 5.91 Å². The van der Waals surface area contributed by atoms with Gasteiger partial charge in [0.2, 0.25) is 10.0 Å². The number of piperidine rings is 1. The lowest BCUT2D eigenvalue weighted by molar-refractivity contribution is 0.100. The maximum atomic E-state index is 11.7. The van der Waals surface area contributed by atoms with Crippen LogP contribution in [0.5, 0.6) is 0 Å². The molecular weight excluding hydrogens is 290 g/mol. The second-order valence-corrected chi connectivity index (χ2v) is 7.36. The number of primary amides is 1. The Kier molecular flexibility index (Phi) is 4.41. The van der Waals surface area contributed by atoms with E-state index in [1.54, 1.807) is 18.2 Å². The molecule has 6 nitrogen and oxygen atoms in total. The number of carbonyl (C=O) groups is 1. The van der Waals surface area contributed by atoms with Crippen LogP contribution >= 0.6 is 0 Å². The Morgan fingerprint density at radius 1 is 1.24 bits per heavy atom. The summed E-state index contributed by atoms with van der Waals surface area (Å²) in [5.74, 6) is -0.496. The topological polar surface area (TPSA) is 83.7 Å². The second kappa shape index (κ2) is 5.93. The molecule has 1 aromatic rings. The fourth-order valence-electron chi connectivity index (χ4n) is 2.51. The number of hydrogen-bond acceptors (Lipinski definition) is 4. The summed E-state index contributed by atoms with van der Waals surface area (Å²) in [5, 5.41) is 0. The highest BCUT2D eigenvalue weighted by atomic mass is 32.2. The summed E-state index contributed by atoms with van der Waals surface area (Å²) in [5.41, 5.74) is 7.12. The van der Waals surface area contributed by atoms with Gasteiger partial charge in [-0.1, -0.05) is 0 Å². The highest BCUT2D eigenvalue weighted by Gasteiger charge is 2.20. The van der Waals surface area contributed by atoms with E-state index in [-0.39, 0.29) is 0 Å². The number of rotatable bonds is 4. The molecule has 0 spiro atoms. The first-order valence-corrected chi connectivity index (χ1v) is 8.78. The summed E-state index contributed by atoms with van der Waals surface area (Å²) >= 11 is 0. The number of nitrogens with zero attached hydrogens (tertiary/aromatic N) is 2. The SMILES string of the molecule is CN(c1ccc(C(N)=O)c(N2CCCCC2)c1)S(C)(=O)=O. The van der Waals surface area contributed by atoms with Gasteiger partial charge >= 0.3 is 0 Å². The molecule has 2 N–H and O–H groups in total. The van der Waals surface area contributed by atoms with Gasteiger partial charge in [-0.05, 0) is 37.5 Å². The van der Waals surface area contributed by atoms with Crippen molar-refractivity contribution in [3.8, 4) is 0 Å². The van der Waals surface area contributed by atoms with E-state index < -0.39 is 15.9 Å². The molecule has 1 aromatic carbocycles. The van der Waals surface area contributed by atoms with Crippen LogP contribution in [0.3, 0.4) is 0 Å². The van der Waals surface area contributed by atoms with E-state index in [0.717, 1.165) is 37.9 Å². The highest BCUT2D eigenvalue weighted by Crippen LogP contribution is 2.29. The van der Waals surface area contributed by atoms with E-state index in [9.17, 15) is 13.2 Å². The van der Waals surface area contributed by atoms with E-state index in [1.165, 1.54) is 17.8 Å². The van der Waals surface area contributed by atoms with Crippen LogP contribution in [0.1, 0.15) is 29.6 Å². The first-order valence-electron chi connectivity index (χ1n) is 6.93. The molecule has 1 amide bonds. The zero-order valence-electron chi connectivity index (χ0n) is 12.4. The van der Waals surface area contributed by atoms with Crippen molar-refractivity contribution in [2.24, 2.45) is 5.73 Å². The number of hydrogen-bond donors (Lipinski definition) is 1. The fraction of sp³-hybridized carbons (Fsp3) is 0.500. The van der Waals surface area contributed by atoms with Gasteiger partial charge in [0.1, 0.15) is 0 Å². The van der Waals surface area contributed by atoms with Crippen molar-refractivity contribution in [2.45, 2.75) is 19.3 Å². The Morgan fingerprint density at radius 2 is 1.86 bits per heavy atom. The number of carbonyl (C=O) groups excluding carboxylic acids is 1. The van der Waals surface area contributed by atoms with Crippen molar-refractivity contribution >= 4 is 27.3 Å². The molecule has 0 saturated carbocycles. The van der Waals surface area contributed by atoms with Crippen LogP contribution in [0.2, 0.25) is 0 Å². The Morgan fingerprint density at radius 3 is 2.38 bits per heavy atom. The van der Waals surface area contributed by atoms with Crippen molar-refractivity contribution < 1.29 is 13.2 Å². The first-order chi connectivity index (χ1) is 9.80. The summed E-state index contributed by atoms with van der Waals surface area (Å²) in [6.07, 6.45) is 4.44. The van der Waals surface area contributed by atoms with Gasteiger partial charge in [-0.2, -0.15) is 0 Å². The quantitative estimate of drug-likeness (QED) is 0.905. The third kappa shape index (κ3) is 3.47. The van der Waals surface area contributed by atoms with Gasteiger partial charge in [0.05, 0.1) is 23.2 Å². The van der Waals surface area contributed by atoms with Crippen molar-refractivity contribution in [3.63, 3.8) is 0 Å². The third-order valence-corrected chi connectivity index (χ3v) is 5.01. The molecule has 116 valence electrons. The van der Waals surface area contributed by atoms with E-state index in [0.29, 0.717) is 11.3 Å². The highest BCUT2D eigenvalue weighted by molar-refractivity contribution is 7.92. The molecular formula is C14H21N3O3S. The predicted octanol–water partition coefficient (Wildman–Crippen LogP) is 1.17. The van der Waals surface area contributed by atoms with E-state index in [2.05, 4.69) is 4.90 Å². The molecule has 0 atom stereocenters. The molecule has 7 heteroatoms. The Bertz CT molecular complexity index is 637. The Labute approximate surface area is 125 Å². The van der Waals surface area contributed by atoms with E-state index in [4.69, 9.17) is 5.73 Å². The van der Waals surface area contributed by atoms with Crippen LogP contribution in [0.4, 0.5) is 11.4 Å². The molecule has 0 bridgehead atoms. The van der Waals surface area contributed by atoms with Gasteiger partial charge in [-0.3, -0.25) is 9.10 Å². The fourth-order valence-corrected chi connectivity index (χ4v) is 3.01. The minimum atomic E-state index is -3.34. The van der Waals surface area contributed by atoms with Gasteiger partial charge in [-0.25, -0.2) is 8.42 Å². The van der Waals surface area contributed by atoms with Crippen LogP contribution in [-0.2, 0) is 10.0 Å². The van der Waals surface area contributed by atoms with Crippen molar-refractivity contribution in [1.29, 1.82) is 0 Å². The summed E-state index contributed by atoms with van der Waals surface area (Å²) < 4.78 is 24.5. The van der Waals surface area contributed by atoms with Gasteiger partial charge in [-0.15, -0.1) is 0 Å². The van der Waals surface area contributed by atoms with Gasteiger partial charge in [0.15, 0.2) is 0 Å². The molecule has 0 radical (unpaired) electrons. The molecule has 0 unspecified atom stereocenters. The first kappa shape index (κ1) is 15.6. The average molecular weight is 311 g/mol. The molecule has 0 aromatic heterocycles. The Balaban J connectivity index is 2.46. The number of amides is 1. The Hall–Kier alpha value is -1.76. The van der Waals surface area contributed by atoms with Crippen molar-refractivity contribution in [2.75, 3.05) is 35.6 Å². The third-order valence-electron chi connectivity index (χ3n) is 3.80. The van der Waals surface area contributed by atoms with Gasteiger partial charge < -0.3 is 10.6 Å². The summed E-state index contributed by atoms with van der Waals surface area (Å²) in [6.45, 7) is 1.71. The predicted molar refractivity (Wildman–Crippen MR) is 84.3 cm³/mol. The molecule has 2 rings (SSSR count). The molecule has 1 saturated heterocycles. The maximum Gasteiger partial charge on any atom is 0.250 e. The summed E-state index contributed by atoms with van der Waals surface area (Å²) in [6, 6.07) is 4.93. The standard InChI is InChI=1S/C14H21N3O3S/c1-16(21(2,19)20)11-6-7-12(14(15)18)13(10-11)17-8-4-3-5-9-17/h6-7,10H,3-5,8-9H2,1-2H3,(H2,15,18). The van der Waals surface area contributed by atoms with E-state index in [1.807, 2.05) is 0 Å².